The fourth-order valence-electron chi connectivity index (χ4n) is 1.26. The van der Waals surface area contributed by atoms with Crippen LogP contribution in [0.1, 0.15) is 5.56 Å². The van der Waals surface area contributed by atoms with Gasteiger partial charge in [-0.2, -0.15) is 5.10 Å². The number of rotatable bonds is 2. The Bertz CT molecular complexity index is 501. The summed E-state index contributed by atoms with van der Waals surface area (Å²) in [5.41, 5.74) is 1.63. The van der Waals surface area contributed by atoms with E-state index in [1.54, 1.807) is 35.1 Å². The molecular weight excluding hydrogens is 182 g/mol. The molecule has 2 heterocycles. The van der Waals surface area contributed by atoms with Crippen LogP contribution in [-0.4, -0.2) is 14.5 Å². The van der Waals surface area contributed by atoms with Crippen LogP contribution in [0, 0.1) is 10.1 Å². The molecule has 0 aliphatic rings. The van der Waals surface area contributed by atoms with Crippen LogP contribution in [0.4, 0.5) is 0 Å². The van der Waals surface area contributed by atoms with Crippen molar-refractivity contribution in [1.29, 1.82) is 0 Å². The second kappa shape index (κ2) is 3.29. The molecule has 0 aromatic carbocycles. The molecule has 2 aromatic rings. The van der Waals surface area contributed by atoms with E-state index in [1.165, 1.54) is 6.08 Å². The van der Waals surface area contributed by atoms with E-state index in [0.29, 0.717) is 0 Å². The number of fused-ring (bicyclic) bond motifs is 1. The second-order valence-electron chi connectivity index (χ2n) is 2.73. The van der Waals surface area contributed by atoms with Crippen molar-refractivity contribution in [3.63, 3.8) is 0 Å². The third-order valence-corrected chi connectivity index (χ3v) is 1.84. The average molecular weight is 189 g/mol. The second-order valence-corrected chi connectivity index (χ2v) is 2.73. The Morgan fingerprint density at radius 3 is 3.14 bits per heavy atom. The third kappa shape index (κ3) is 1.47. The van der Waals surface area contributed by atoms with Crippen LogP contribution in [0.25, 0.3) is 11.6 Å². The molecule has 0 aliphatic heterocycles. The number of nitro groups is 1. The van der Waals surface area contributed by atoms with Gasteiger partial charge in [0.05, 0.1) is 10.4 Å². The van der Waals surface area contributed by atoms with Crippen LogP contribution in [0.3, 0.4) is 0 Å². The van der Waals surface area contributed by atoms with E-state index >= 15 is 0 Å². The quantitative estimate of drug-likeness (QED) is 0.532. The maximum atomic E-state index is 10.1. The van der Waals surface area contributed by atoms with Crippen molar-refractivity contribution in [2.75, 3.05) is 0 Å². The lowest BCUT2D eigenvalue weighted by molar-refractivity contribution is -0.400. The van der Waals surface area contributed by atoms with Gasteiger partial charge in [-0.15, -0.1) is 0 Å². The van der Waals surface area contributed by atoms with Crippen molar-refractivity contribution in [1.82, 2.24) is 9.61 Å². The smallest absolute Gasteiger partial charge is 0.235 e. The van der Waals surface area contributed by atoms with E-state index < -0.39 is 4.92 Å². The number of aromatic nitrogens is 2. The van der Waals surface area contributed by atoms with E-state index in [1.807, 2.05) is 0 Å². The molecule has 0 aliphatic carbocycles. The van der Waals surface area contributed by atoms with E-state index in [0.717, 1.165) is 17.3 Å². The molecule has 0 amide bonds. The summed E-state index contributed by atoms with van der Waals surface area (Å²) in [5, 5.41) is 14.2. The molecule has 0 fully saturated rings. The Hall–Kier alpha value is -2.17. The van der Waals surface area contributed by atoms with E-state index in [4.69, 9.17) is 0 Å². The first kappa shape index (κ1) is 8.43. The fourth-order valence-corrected chi connectivity index (χ4v) is 1.26. The maximum absolute atomic E-state index is 10.1. The minimum Gasteiger partial charge on any atom is -0.259 e. The lowest BCUT2D eigenvalue weighted by atomic mass is 10.2. The molecule has 0 saturated carbocycles. The Kier molecular flexibility index (Phi) is 1.98. The van der Waals surface area contributed by atoms with Gasteiger partial charge in [-0.25, -0.2) is 4.52 Å². The fraction of sp³-hybridized carbons (Fsp3) is 0. The van der Waals surface area contributed by atoms with Gasteiger partial charge in [0, 0.05) is 24.0 Å². The molecule has 5 nitrogen and oxygen atoms in total. The van der Waals surface area contributed by atoms with Gasteiger partial charge in [0.2, 0.25) is 6.20 Å². The summed E-state index contributed by atoms with van der Waals surface area (Å²) in [5.74, 6) is 0. The van der Waals surface area contributed by atoms with E-state index in [2.05, 4.69) is 5.10 Å². The van der Waals surface area contributed by atoms with Crippen LogP contribution in [0.2, 0.25) is 0 Å². The van der Waals surface area contributed by atoms with Gasteiger partial charge in [0.25, 0.3) is 0 Å². The molecule has 0 saturated heterocycles. The highest BCUT2D eigenvalue weighted by Gasteiger charge is 1.98. The van der Waals surface area contributed by atoms with Crippen molar-refractivity contribution in [2.45, 2.75) is 0 Å². The molecule has 0 radical (unpaired) electrons. The van der Waals surface area contributed by atoms with Crippen LogP contribution < -0.4 is 0 Å². The van der Waals surface area contributed by atoms with Crippen molar-refractivity contribution >= 4 is 11.6 Å². The topological polar surface area (TPSA) is 60.4 Å². The minimum absolute atomic E-state index is 0.486. The zero-order valence-corrected chi connectivity index (χ0v) is 7.20. The van der Waals surface area contributed by atoms with Crippen molar-refractivity contribution in [3.05, 3.63) is 52.5 Å². The van der Waals surface area contributed by atoms with Crippen LogP contribution in [-0.2, 0) is 0 Å². The van der Waals surface area contributed by atoms with Crippen LogP contribution in [0.5, 0.6) is 0 Å². The molecular formula is C9H7N3O2. The summed E-state index contributed by atoms with van der Waals surface area (Å²) in [4.78, 5) is 9.66. The van der Waals surface area contributed by atoms with E-state index in [9.17, 15) is 10.1 Å². The molecule has 0 N–H and O–H groups in total. The molecule has 2 aromatic heterocycles. The molecule has 14 heavy (non-hydrogen) atoms. The van der Waals surface area contributed by atoms with Gasteiger partial charge < -0.3 is 0 Å². The standard InChI is InChI=1S/C9H7N3O2/c13-12(14)7-4-8-2-1-6-11-9(8)3-5-10-11/h1-7H/b7-4+. The largest absolute Gasteiger partial charge is 0.259 e. The predicted octanol–water partition coefficient (Wildman–Crippen LogP) is 1.58. The lowest BCUT2D eigenvalue weighted by Crippen LogP contribution is -1.88. The summed E-state index contributed by atoms with van der Waals surface area (Å²) >= 11 is 0. The Morgan fingerprint density at radius 1 is 1.50 bits per heavy atom. The van der Waals surface area contributed by atoms with Crippen molar-refractivity contribution in [3.8, 4) is 0 Å². The molecule has 0 atom stereocenters. The minimum atomic E-state index is -0.486. The number of hydrogen-bond acceptors (Lipinski definition) is 3. The van der Waals surface area contributed by atoms with Gasteiger partial charge in [0.15, 0.2) is 0 Å². The molecule has 0 spiro atoms. The Labute approximate surface area is 79.4 Å². The summed E-state index contributed by atoms with van der Waals surface area (Å²) in [6.07, 6.45) is 5.82. The van der Waals surface area contributed by atoms with Gasteiger partial charge >= 0.3 is 0 Å². The van der Waals surface area contributed by atoms with Gasteiger partial charge in [-0.3, -0.25) is 10.1 Å². The molecule has 70 valence electrons. The van der Waals surface area contributed by atoms with Crippen molar-refractivity contribution in [2.24, 2.45) is 0 Å². The zero-order valence-electron chi connectivity index (χ0n) is 7.20. The van der Waals surface area contributed by atoms with Crippen molar-refractivity contribution < 1.29 is 4.92 Å². The van der Waals surface area contributed by atoms with E-state index in [-0.39, 0.29) is 0 Å². The lowest BCUT2D eigenvalue weighted by Gasteiger charge is -1.95. The molecule has 2 rings (SSSR count). The highest BCUT2D eigenvalue weighted by Crippen LogP contribution is 2.11. The average Bonchev–Trinajstić information content (AvgIpc) is 2.62. The summed E-state index contributed by atoms with van der Waals surface area (Å²) in [6, 6.07) is 5.40. The third-order valence-electron chi connectivity index (χ3n) is 1.84. The van der Waals surface area contributed by atoms with Gasteiger partial charge in [0.1, 0.15) is 0 Å². The van der Waals surface area contributed by atoms with Gasteiger partial charge in [-0.05, 0) is 12.1 Å². The number of nitrogens with zero attached hydrogens (tertiary/aromatic N) is 3. The zero-order chi connectivity index (χ0) is 9.97. The Morgan fingerprint density at radius 2 is 2.36 bits per heavy atom. The highest BCUT2D eigenvalue weighted by atomic mass is 16.6. The first-order valence-electron chi connectivity index (χ1n) is 4.01. The SMILES string of the molecule is O=[N+]([O-])/C=C/c1cccn2nccc12. The monoisotopic (exact) mass is 189 g/mol. The first-order chi connectivity index (χ1) is 6.77. The number of hydrogen-bond donors (Lipinski definition) is 0. The summed E-state index contributed by atoms with van der Waals surface area (Å²) in [6.45, 7) is 0. The first-order valence-corrected chi connectivity index (χ1v) is 4.01. The molecule has 0 bridgehead atoms. The van der Waals surface area contributed by atoms with Gasteiger partial charge in [-0.1, -0.05) is 6.07 Å². The molecule has 0 unspecified atom stereocenters. The predicted molar refractivity (Wildman–Crippen MR) is 51.2 cm³/mol. The summed E-state index contributed by atoms with van der Waals surface area (Å²) < 4.78 is 1.67. The highest BCUT2D eigenvalue weighted by molar-refractivity contribution is 5.67. The Balaban J connectivity index is 2.51. The van der Waals surface area contributed by atoms with Crippen LogP contribution >= 0.6 is 0 Å². The normalized spacial score (nSPS) is 11.1. The number of pyridine rings is 1. The maximum Gasteiger partial charge on any atom is 0.235 e. The van der Waals surface area contributed by atoms with Crippen LogP contribution in [0.15, 0.2) is 36.8 Å². The summed E-state index contributed by atoms with van der Waals surface area (Å²) in [7, 11) is 0. The molecule has 5 heteroatoms.